The van der Waals surface area contributed by atoms with E-state index in [1.54, 1.807) is 0 Å². The number of amidine groups is 1. The molecule has 3 N–H and O–H groups in total. The van der Waals surface area contributed by atoms with Gasteiger partial charge in [0.25, 0.3) is 0 Å². The van der Waals surface area contributed by atoms with Crippen molar-refractivity contribution in [1.29, 1.82) is 5.41 Å². The molecule has 1 aliphatic carbocycles. The van der Waals surface area contributed by atoms with E-state index in [9.17, 15) is 0 Å². The summed E-state index contributed by atoms with van der Waals surface area (Å²) in [6, 6.07) is 2.00. The molecule has 0 unspecified atom stereocenters. The predicted molar refractivity (Wildman–Crippen MR) is 78.4 cm³/mol. The first-order valence-corrected chi connectivity index (χ1v) is 7.36. The van der Waals surface area contributed by atoms with E-state index in [1.807, 2.05) is 6.07 Å². The van der Waals surface area contributed by atoms with Crippen LogP contribution < -0.4 is 10.5 Å². The topological polar surface area (TPSA) is 75.2 Å². The number of fused-ring (bicyclic) bond motifs is 1. The molecule has 3 rings (SSSR count). The Hall–Kier alpha value is -1.62. The summed E-state index contributed by atoms with van der Waals surface area (Å²) in [6.45, 7) is 2.09. The van der Waals surface area contributed by atoms with Crippen molar-refractivity contribution >= 4 is 5.84 Å². The number of nitrogens with zero attached hydrogens (tertiary/aromatic N) is 2. The van der Waals surface area contributed by atoms with E-state index in [1.165, 1.54) is 5.56 Å². The monoisotopic (exact) mass is 274 g/mol. The molecule has 1 aromatic heterocycles. The van der Waals surface area contributed by atoms with Crippen molar-refractivity contribution in [1.82, 2.24) is 9.88 Å². The standard InChI is InChI=1S/C15H22N4O/c1-19-7-5-11(6-8-19)20-15-12(14(16)17)9-10-3-2-4-13(10)18-15/h9,11H,2-8H2,1H3,(H3,16,17). The highest BCUT2D eigenvalue weighted by molar-refractivity contribution is 5.97. The maximum absolute atomic E-state index is 7.74. The number of piperidine rings is 1. The summed E-state index contributed by atoms with van der Waals surface area (Å²) in [6.07, 6.45) is 5.39. The number of nitrogen functional groups attached to an aromatic ring is 1. The summed E-state index contributed by atoms with van der Waals surface area (Å²) in [5.74, 6) is 0.614. The highest BCUT2D eigenvalue weighted by Gasteiger charge is 2.23. The molecule has 2 aliphatic rings. The molecule has 20 heavy (non-hydrogen) atoms. The molecular weight excluding hydrogens is 252 g/mol. The number of hydrogen-bond donors (Lipinski definition) is 2. The third-order valence-corrected chi connectivity index (χ3v) is 4.25. The average Bonchev–Trinajstić information content (AvgIpc) is 2.87. The van der Waals surface area contributed by atoms with Gasteiger partial charge in [-0.15, -0.1) is 0 Å². The zero-order valence-electron chi connectivity index (χ0n) is 12.0. The van der Waals surface area contributed by atoms with Crippen molar-refractivity contribution in [3.8, 4) is 5.88 Å². The summed E-state index contributed by atoms with van der Waals surface area (Å²) in [5.41, 5.74) is 8.70. The van der Waals surface area contributed by atoms with E-state index in [2.05, 4.69) is 16.9 Å². The van der Waals surface area contributed by atoms with Crippen LogP contribution >= 0.6 is 0 Å². The van der Waals surface area contributed by atoms with Gasteiger partial charge in [0.2, 0.25) is 5.88 Å². The van der Waals surface area contributed by atoms with Gasteiger partial charge >= 0.3 is 0 Å². The van der Waals surface area contributed by atoms with Crippen LogP contribution in [-0.4, -0.2) is 42.0 Å². The average molecular weight is 274 g/mol. The highest BCUT2D eigenvalue weighted by Crippen LogP contribution is 2.28. The molecule has 0 bridgehead atoms. The van der Waals surface area contributed by atoms with Crippen molar-refractivity contribution in [2.75, 3.05) is 20.1 Å². The largest absolute Gasteiger partial charge is 0.474 e. The summed E-state index contributed by atoms with van der Waals surface area (Å²) >= 11 is 0. The number of nitrogens with two attached hydrogens (primary N) is 1. The second-order valence-corrected chi connectivity index (χ2v) is 5.83. The molecule has 1 fully saturated rings. The van der Waals surface area contributed by atoms with Gasteiger partial charge in [-0.1, -0.05) is 0 Å². The van der Waals surface area contributed by atoms with E-state index in [4.69, 9.17) is 15.9 Å². The van der Waals surface area contributed by atoms with Crippen molar-refractivity contribution in [3.63, 3.8) is 0 Å². The second-order valence-electron chi connectivity index (χ2n) is 5.83. The summed E-state index contributed by atoms with van der Waals surface area (Å²) in [5, 5.41) is 7.74. The minimum atomic E-state index is 0.0510. The fraction of sp³-hybridized carbons (Fsp3) is 0.600. The van der Waals surface area contributed by atoms with Crippen LogP contribution in [-0.2, 0) is 12.8 Å². The van der Waals surface area contributed by atoms with E-state index in [-0.39, 0.29) is 11.9 Å². The lowest BCUT2D eigenvalue weighted by molar-refractivity contribution is 0.109. The molecule has 1 saturated heterocycles. The molecule has 0 radical (unpaired) electrons. The number of rotatable bonds is 3. The van der Waals surface area contributed by atoms with Gasteiger partial charge in [0, 0.05) is 18.8 Å². The van der Waals surface area contributed by atoms with Crippen molar-refractivity contribution in [2.24, 2.45) is 5.73 Å². The molecule has 5 nitrogen and oxygen atoms in total. The van der Waals surface area contributed by atoms with Crippen LogP contribution in [0.25, 0.3) is 0 Å². The highest BCUT2D eigenvalue weighted by atomic mass is 16.5. The van der Waals surface area contributed by atoms with Crippen LogP contribution in [0.5, 0.6) is 5.88 Å². The molecular formula is C15H22N4O. The second kappa shape index (κ2) is 5.40. The molecule has 0 saturated carbocycles. The fourth-order valence-electron chi connectivity index (χ4n) is 3.00. The third kappa shape index (κ3) is 2.63. The molecule has 2 heterocycles. The lowest BCUT2D eigenvalue weighted by Crippen LogP contribution is -2.36. The molecule has 5 heteroatoms. The van der Waals surface area contributed by atoms with Crippen LogP contribution in [0.2, 0.25) is 0 Å². The molecule has 0 atom stereocenters. The number of nitrogens with one attached hydrogen (secondary N) is 1. The number of aryl methyl sites for hydroxylation is 2. The zero-order valence-corrected chi connectivity index (χ0v) is 12.0. The Morgan fingerprint density at radius 1 is 1.40 bits per heavy atom. The molecule has 108 valence electrons. The van der Waals surface area contributed by atoms with Crippen LogP contribution in [0, 0.1) is 5.41 Å². The van der Waals surface area contributed by atoms with Gasteiger partial charge in [-0.05, 0) is 50.8 Å². The number of aromatic nitrogens is 1. The van der Waals surface area contributed by atoms with Crippen LogP contribution in [0.1, 0.15) is 36.1 Å². The minimum absolute atomic E-state index is 0.0510. The van der Waals surface area contributed by atoms with E-state index in [0.29, 0.717) is 11.4 Å². The van der Waals surface area contributed by atoms with Crippen molar-refractivity contribution in [2.45, 2.75) is 38.2 Å². The van der Waals surface area contributed by atoms with Gasteiger partial charge in [-0.2, -0.15) is 0 Å². The Labute approximate surface area is 119 Å². The molecule has 0 amide bonds. The minimum Gasteiger partial charge on any atom is -0.474 e. The third-order valence-electron chi connectivity index (χ3n) is 4.25. The Kier molecular flexibility index (Phi) is 3.61. The lowest BCUT2D eigenvalue weighted by Gasteiger charge is -2.29. The zero-order chi connectivity index (χ0) is 14.1. The first-order chi connectivity index (χ1) is 9.63. The smallest absolute Gasteiger partial charge is 0.225 e. The normalized spacial score (nSPS) is 19.9. The van der Waals surface area contributed by atoms with Gasteiger partial charge in [-0.25, -0.2) is 4.98 Å². The van der Waals surface area contributed by atoms with Gasteiger partial charge in [-0.3, -0.25) is 5.41 Å². The lowest BCUT2D eigenvalue weighted by atomic mass is 10.1. The Balaban J connectivity index is 1.82. The van der Waals surface area contributed by atoms with Crippen LogP contribution in [0.15, 0.2) is 6.07 Å². The maximum Gasteiger partial charge on any atom is 0.225 e. The van der Waals surface area contributed by atoms with Gasteiger partial charge < -0.3 is 15.4 Å². The van der Waals surface area contributed by atoms with E-state index in [0.717, 1.165) is 50.9 Å². The van der Waals surface area contributed by atoms with Crippen molar-refractivity contribution < 1.29 is 4.74 Å². The molecule has 1 aromatic rings. The van der Waals surface area contributed by atoms with Gasteiger partial charge in [0.15, 0.2) is 0 Å². The SMILES string of the molecule is CN1CCC(Oc2nc3c(cc2C(=N)N)CCC3)CC1. The van der Waals surface area contributed by atoms with Crippen molar-refractivity contribution in [3.05, 3.63) is 22.9 Å². The number of likely N-dealkylation sites (tertiary alicyclic amines) is 1. The van der Waals surface area contributed by atoms with Crippen LogP contribution in [0.3, 0.4) is 0 Å². The first-order valence-electron chi connectivity index (χ1n) is 7.36. The van der Waals surface area contributed by atoms with Gasteiger partial charge in [0.1, 0.15) is 11.9 Å². The Bertz CT molecular complexity index is 521. The van der Waals surface area contributed by atoms with E-state index < -0.39 is 0 Å². The molecule has 0 spiro atoms. The maximum atomic E-state index is 7.74. The summed E-state index contributed by atoms with van der Waals surface area (Å²) in [7, 11) is 2.13. The number of ether oxygens (including phenoxy) is 1. The van der Waals surface area contributed by atoms with Gasteiger partial charge in [0.05, 0.1) is 5.56 Å². The quantitative estimate of drug-likeness (QED) is 0.644. The predicted octanol–water partition coefficient (Wildman–Crippen LogP) is 1.33. The van der Waals surface area contributed by atoms with Crippen LogP contribution in [0.4, 0.5) is 0 Å². The Morgan fingerprint density at radius 3 is 2.85 bits per heavy atom. The summed E-state index contributed by atoms with van der Waals surface area (Å²) in [4.78, 5) is 6.94. The first kappa shape index (κ1) is 13.4. The van der Waals surface area contributed by atoms with E-state index >= 15 is 0 Å². The molecule has 1 aliphatic heterocycles. The molecule has 0 aromatic carbocycles. The Morgan fingerprint density at radius 2 is 2.15 bits per heavy atom. The number of hydrogen-bond acceptors (Lipinski definition) is 4. The summed E-state index contributed by atoms with van der Waals surface area (Å²) < 4.78 is 6.06. The fourth-order valence-corrected chi connectivity index (χ4v) is 3.00. The number of pyridine rings is 1.